The number of esters is 1. The smallest absolute Gasteiger partial charge is 0.333 e. The van der Waals surface area contributed by atoms with Crippen LogP contribution in [0.4, 0.5) is 0 Å². The molecule has 0 aromatic rings. The minimum atomic E-state index is -0.278. The number of ether oxygens (including phenoxy) is 2. The van der Waals surface area contributed by atoms with Crippen LogP contribution in [0.1, 0.15) is 47.0 Å². The summed E-state index contributed by atoms with van der Waals surface area (Å²) in [5, 5.41) is 0. The Morgan fingerprint density at radius 1 is 1.32 bits per heavy atom. The van der Waals surface area contributed by atoms with E-state index in [1.807, 2.05) is 6.08 Å². The molecule has 0 aliphatic carbocycles. The zero-order valence-electron chi connectivity index (χ0n) is 13.2. The van der Waals surface area contributed by atoms with Crippen LogP contribution in [-0.4, -0.2) is 25.8 Å². The molecule has 0 bridgehead atoms. The van der Waals surface area contributed by atoms with Crippen LogP contribution in [0.25, 0.3) is 0 Å². The van der Waals surface area contributed by atoms with Gasteiger partial charge in [-0.3, -0.25) is 0 Å². The van der Waals surface area contributed by atoms with Crippen molar-refractivity contribution in [1.29, 1.82) is 0 Å². The van der Waals surface area contributed by atoms with Gasteiger partial charge in [-0.1, -0.05) is 25.2 Å². The van der Waals surface area contributed by atoms with Gasteiger partial charge in [-0.05, 0) is 46.0 Å². The second-order valence-corrected chi connectivity index (χ2v) is 5.61. The number of methoxy groups -OCH3 is 2. The highest BCUT2D eigenvalue weighted by Gasteiger charge is 2.16. The third-order valence-electron chi connectivity index (χ3n) is 3.32. The Balaban J connectivity index is 4.03. The molecule has 0 aliphatic heterocycles. The molecule has 0 radical (unpaired) electrons. The lowest BCUT2D eigenvalue weighted by atomic mass is 9.94. The van der Waals surface area contributed by atoms with Crippen molar-refractivity contribution in [2.75, 3.05) is 14.2 Å². The maximum atomic E-state index is 11.1. The van der Waals surface area contributed by atoms with Gasteiger partial charge in [0.15, 0.2) is 0 Å². The van der Waals surface area contributed by atoms with E-state index in [9.17, 15) is 4.79 Å². The fourth-order valence-corrected chi connectivity index (χ4v) is 1.57. The molecule has 0 N–H and O–H groups in total. The fourth-order valence-electron chi connectivity index (χ4n) is 1.57. The predicted octanol–water partition coefficient (Wildman–Crippen LogP) is 3.89. The molecule has 0 spiro atoms. The first kappa shape index (κ1) is 17.9. The summed E-state index contributed by atoms with van der Waals surface area (Å²) < 4.78 is 10.0. The molecule has 0 heterocycles. The van der Waals surface area contributed by atoms with Gasteiger partial charge in [-0.2, -0.15) is 0 Å². The predicted molar refractivity (Wildman–Crippen MR) is 79.0 cm³/mol. The van der Waals surface area contributed by atoms with Crippen LogP contribution in [0.2, 0.25) is 0 Å². The number of rotatable bonds is 8. The van der Waals surface area contributed by atoms with Gasteiger partial charge in [0.25, 0.3) is 0 Å². The van der Waals surface area contributed by atoms with Crippen LogP contribution >= 0.6 is 0 Å². The summed E-state index contributed by atoms with van der Waals surface area (Å²) in [7, 11) is 3.15. The SMILES string of the molecule is COC(=O)C(C)=CC=CCC(C)CCC(C)(C)OC. The van der Waals surface area contributed by atoms with Gasteiger partial charge in [-0.15, -0.1) is 0 Å². The monoisotopic (exact) mass is 268 g/mol. The highest BCUT2D eigenvalue weighted by Crippen LogP contribution is 2.21. The first-order valence-electron chi connectivity index (χ1n) is 6.79. The summed E-state index contributed by atoms with van der Waals surface area (Å²) in [6.07, 6.45) is 8.99. The zero-order chi connectivity index (χ0) is 14.9. The van der Waals surface area contributed by atoms with Crippen molar-refractivity contribution < 1.29 is 14.3 Å². The van der Waals surface area contributed by atoms with Crippen LogP contribution in [0.5, 0.6) is 0 Å². The Morgan fingerprint density at radius 2 is 1.95 bits per heavy atom. The van der Waals surface area contributed by atoms with Gasteiger partial charge in [-0.25, -0.2) is 4.79 Å². The topological polar surface area (TPSA) is 35.5 Å². The standard InChI is InChI=1S/C16H28O3/c1-13(11-12-16(3,4)19-6)9-7-8-10-14(2)15(17)18-5/h7-8,10,13H,9,11-12H2,1-6H3. The molecule has 0 aromatic carbocycles. The quantitative estimate of drug-likeness (QED) is 0.380. The van der Waals surface area contributed by atoms with Crippen LogP contribution in [-0.2, 0) is 14.3 Å². The Bertz CT molecular complexity index is 327. The molecule has 3 nitrogen and oxygen atoms in total. The van der Waals surface area contributed by atoms with E-state index in [1.165, 1.54) is 7.11 Å². The van der Waals surface area contributed by atoms with Crippen molar-refractivity contribution >= 4 is 5.97 Å². The first-order chi connectivity index (χ1) is 8.82. The summed E-state index contributed by atoms with van der Waals surface area (Å²) in [5.74, 6) is 0.331. The average molecular weight is 268 g/mol. The Kier molecular flexibility index (Phi) is 8.41. The molecule has 0 aliphatic rings. The van der Waals surface area contributed by atoms with Crippen LogP contribution < -0.4 is 0 Å². The Hall–Kier alpha value is -1.09. The minimum absolute atomic E-state index is 0.0423. The molecule has 1 atom stereocenters. The third kappa shape index (κ3) is 8.60. The molecule has 0 saturated heterocycles. The largest absolute Gasteiger partial charge is 0.466 e. The molecule has 0 aromatic heterocycles. The van der Waals surface area contributed by atoms with E-state index in [-0.39, 0.29) is 11.6 Å². The van der Waals surface area contributed by atoms with E-state index in [4.69, 9.17) is 4.74 Å². The van der Waals surface area contributed by atoms with Gasteiger partial charge in [0.05, 0.1) is 12.7 Å². The second kappa shape index (κ2) is 8.92. The van der Waals surface area contributed by atoms with Gasteiger partial charge in [0.1, 0.15) is 0 Å². The number of allylic oxidation sites excluding steroid dienone is 3. The molecule has 3 heteroatoms. The van der Waals surface area contributed by atoms with Gasteiger partial charge >= 0.3 is 5.97 Å². The van der Waals surface area contributed by atoms with Crippen molar-refractivity contribution in [1.82, 2.24) is 0 Å². The summed E-state index contributed by atoms with van der Waals surface area (Å²) in [5.41, 5.74) is 0.575. The number of carbonyl (C=O) groups excluding carboxylic acids is 1. The van der Waals surface area contributed by atoms with Crippen LogP contribution in [0.15, 0.2) is 23.8 Å². The summed E-state index contributed by atoms with van der Waals surface area (Å²) in [6.45, 7) is 8.20. The summed E-state index contributed by atoms with van der Waals surface area (Å²) in [4.78, 5) is 11.1. The highest BCUT2D eigenvalue weighted by molar-refractivity contribution is 5.87. The first-order valence-corrected chi connectivity index (χ1v) is 6.79. The fraction of sp³-hybridized carbons (Fsp3) is 0.688. The van der Waals surface area contributed by atoms with Gasteiger partial charge in [0.2, 0.25) is 0 Å². The maximum absolute atomic E-state index is 11.1. The molecular formula is C16H28O3. The molecule has 1 unspecified atom stereocenters. The van der Waals surface area contributed by atoms with E-state index in [0.717, 1.165) is 19.3 Å². The molecule has 0 saturated carbocycles. The lowest BCUT2D eigenvalue weighted by Gasteiger charge is -2.24. The van der Waals surface area contributed by atoms with E-state index in [2.05, 4.69) is 31.6 Å². The molecular weight excluding hydrogens is 240 g/mol. The molecule has 0 amide bonds. The maximum Gasteiger partial charge on any atom is 0.333 e. The highest BCUT2D eigenvalue weighted by atomic mass is 16.5. The summed E-state index contributed by atoms with van der Waals surface area (Å²) >= 11 is 0. The van der Waals surface area contributed by atoms with Crippen LogP contribution in [0, 0.1) is 5.92 Å². The summed E-state index contributed by atoms with van der Waals surface area (Å²) in [6, 6.07) is 0. The van der Waals surface area contributed by atoms with Crippen molar-refractivity contribution in [3.05, 3.63) is 23.8 Å². The van der Waals surface area contributed by atoms with E-state index >= 15 is 0 Å². The lowest BCUT2D eigenvalue weighted by molar-refractivity contribution is -0.136. The minimum Gasteiger partial charge on any atom is -0.466 e. The van der Waals surface area contributed by atoms with E-state index in [1.54, 1.807) is 20.1 Å². The number of hydrogen-bond acceptors (Lipinski definition) is 3. The van der Waals surface area contributed by atoms with E-state index < -0.39 is 0 Å². The molecule has 0 fully saturated rings. The van der Waals surface area contributed by atoms with Crippen molar-refractivity contribution in [3.8, 4) is 0 Å². The zero-order valence-corrected chi connectivity index (χ0v) is 13.2. The van der Waals surface area contributed by atoms with Crippen LogP contribution in [0.3, 0.4) is 0 Å². The third-order valence-corrected chi connectivity index (χ3v) is 3.32. The van der Waals surface area contributed by atoms with Crippen molar-refractivity contribution in [3.63, 3.8) is 0 Å². The Labute approximate surface area is 117 Å². The second-order valence-electron chi connectivity index (χ2n) is 5.61. The normalized spacial score (nSPS) is 14.7. The van der Waals surface area contributed by atoms with Gasteiger partial charge in [0, 0.05) is 12.7 Å². The van der Waals surface area contributed by atoms with Crippen molar-refractivity contribution in [2.45, 2.75) is 52.6 Å². The average Bonchev–Trinajstić information content (AvgIpc) is 2.40. The Morgan fingerprint density at radius 3 is 2.47 bits per heavy atom. The number of hydrogen-bond donors (Lipinski definition) is 0. The molecule has 0 rings (SSSR count). The number of carbonyl (C=O) groups is 1. The molecule has 19 heavy (non-hydrogen) atoms. The van der Waals surface area contributed by atoms with E-state index in [0.29, 0.717) is 11.5 Å². The molecule has 110 valence electrons. The van der Waals surface area contributed by atoms with Crippen molar-refractivity contribution in [2.24, 2.45) is 5.92 Å². The lowest BCUT2D eigenvalue weighted by Crippen LogP contribution is -2.22. The van der Waals surface area contributed by atoms with Gasteiger partial charge < -0.3 is 9.47 Å².